The largest absolute Gasteiger partial charge is 0.530 e. The number of nitrogens with one attached hydrogen (secondary N) is 1. The van der Waals surface area contributed by atoms with E-state index in [4.69, 9.17) is 36.9 Å². The zero-order chi connectivity index (χ0) is 22.4. The summed E-state index contributed by atoms with van der Waals surface area (Å²) in [5.41, 5.74) is -0.154. The van der Waals surface area contributed by atoms with Crippen LogP contribution in [0.2, 0.25) is 0 Å². The third-order valence-electron chi connectivity index (χ3n) is 4.75. The summed E-state index contributed by atoms with van der Waals surface area (Å²) >= 11 is 4.91. The molecule has 1 saturated heterocycles. The number of ether oxygens (including phenoxy) is 1. The average Bonchev–Trinajstić information content (AvgIpc) is 2.97. The van der Waals surface area contributed by atoms with Gasteiger partial charge in [0.2, 0.25) is 0 Å². The standard InChI is InChI=1S/C18H16FN2O8PS/c1-2-10-7-21(17(24)20-15(10)31)16-13(22)14(23)18(19,28-16)9-27-30(25)26-8-11-5-3-4-6-12(11)29-30/h1,3-7,13-14,16,22-23H,8-9H2,(H,20,24,31)/t13-,14+,16-,18-,30?/m1/s1. The van der Waals surface area contributed by atoms with E-state index in [1.807, 2.05) is 0 Å². The molecule has 0 amide bonds. The molecule has 1 unspecified atom stereocenters. The molecule has 5 atom stereocenters. The summed E-state index contributed by atoms with van der Waals surface area (Å²) in [6.07, 6.45) is 0.659. The van der Waals surface area contributed by atoms with Crippen molar-refractivity contribution in [1.29, 1.82) is 0 Å². The van der Waals surface area contributed by atoms with E-state index in [2.05, 4.69) is 10.9 Å². The second kappa shape index (κ2) is 7.96. The summed E-state index contributed by atoms with van der Waals surface area (Å²) < 4.78 is 49.1. The van der Waals surface area contributed by atoms with E-state index >= 15 is 4.39 Å². The number of aliphatic hydroxyl groups excluding tert-OH is 2. The van der Waals surface area contributed by atoms with E-state index in [-0.39, 0.29) is 22.6 Å². The van der Waals surface area contributed by atoms with Gasteiger partial charge in [-0.2, -0.15) is 0 Å². The van der Waals surface area contributed by atoms with Gasteiger partial charge in [-0.25, -0.2) is 13.8 Å². The summed E-state index contributed by atoms with van der Waals surface area (Å²) in [5.74, 6) is -0.577. The highest BCUT2D eigenvalue weighted by molar-refractivity contribution is 7.71. The number of fused-ring (bicyclic) bond motifs is 1. The first kappa shape index (κ1) is 21.9. The number of aromatic nitrogens is 2. The van der Waals surface area contributed by atoms with Crippen LogP contribution in [0.4, 0.5) is 4.39 Å². The van der Waals surface area contributed by atoms with Crippen molar-refractivity contribution in [3.05, 3.63) is 56.7 Å². The number of phosphoric ester groups is 1. The molecule has 0 radical (unpaired) electrons. The van der Waals surface area contributed by atoms with E-state index in [9.17, 15) is 19.6 Å². The van der Waals surface area contributed by atoms with E-state index in [1.165, 1.54) is 6.07 Å². The normalized spacial score (nSPS) is 32.1. The van der Waals surface area contributed by atoms with Gasteiger partial charge >= 0.3 is 13.5 Å². The number of nitrogens with zero attached hydrogens (tertiary/aromatic N) is 1. The van der Waals surface area contributed by atoms with Gasteiger partial charge in [0.25, 0.3) is 5.85 Å². The number of aromatic amines is 1. The zero-order valence-electron chi connectivity index (χ0n) is 15.6. The Hall–Kier alpha value is -2.36. The number of terminal acetylenes is 1. The van der Waals surface area contributed by atoms with Crippen molar-refractivity contribution in [2.45, 2.75) is 30.9 Å². The summed E-state index contributed by atoms with van der Waals surface area (Å²) in [6.45, 7) is -1.23. The molecule has 1 aromatic heterocycles. The molecule has 0 aliphatic carbocycles. The van der Waals surface area contributed by atoms with E-state index in [0.29, 0.717) is 5.56 Å². The Morgan fingerprint density at radius 1 is 1.45 bits per heavy atom. The number of hydrogen-bond acceptors (Lipinski definition) is 9. The van der Waals surface area contributed by atoms with Crippen molar-refractivity contribution in [2.24, 2.45) is 0 Å². The first-order valence-corrected chi connectivity index (χ1v) is 10.7. The summed E-state index contributed by atoms with van der Waals surface area (Å²) in [7, 11) is -4.24. The minimum Gasteiger partial charge on any atom is -0.404 e. The molecule has 3 N–H and O–H groups in total. The average molecular weight is 470 g/mol. The number of phosphoric acid groups is 1. The molecule has 4 rings (SSSR count). The highest BCUT2D eigenvalue weighted by Crippen LogP contribution is 2.55. The van der Waals surface area contributed by atoms with E-state index in [0.717, 1.165) is 10.8 Å². The zero-order valence-corrected chi connectivity index (χ0v) is 17.3. The second-order valence-electron chi connectivity index (χ2n) is 6.78. The number of para-hydroxylation sites is 1. The van der Waals surface area contributed by atoms with Gasteiger partial charge in [0, 0.05) is 11.8 Å². The molecule has 2 aromatic rings. The van der Waals surface area contributed by atoms with Crippen LogP contribution >= 0.6 is 20.0 Å². The predicted octanol–water partition coefficient (Wildman–Crippen LogP) is 1.54. The third-order valence-corrected chi connectivity index (χ3v) is 6.38. The fourth-order valence-corrected chi connectivity index (χ4v) is 4.54. The monoisotopic (exact) mass is 470 g/mol. The van der Waals surface area contributed by atoms with Crippen molar-refractivity contribution >= 4 is 20.0 Å². The van der Waals surface area contributed by atoms with Crippen LogP contribution in [0.25, 0.3) is 0 Å². The number of halogens is 1. The van der Waals surface area contributed by atoms with Crippen LogP contribution < -0.4 is 10.2 Å². The maximum atomic E-state index is 15.3. The lowest BCUT2D eigenvalue weighted by Gasteiger charge is -2.28. The Morgan fingerprint density at radius 2 is 2.19 bits per heavy atom. The quantitative estimate of drug-likeness (QED) is 0.346. The molecule has 13 heteroatoms. The lowest BCUT2D eigenvalue weighted by molar-refractivity contribution is -0.205. The van der Waals surface area contributed by atoms with Crippen molar-refractivity contribution < 1.29 is 37.5 Å². The van der Waals surface area contributed by atoms with Crippen molar-refractivity contribution in [1.82, 2.24) is 9.55 Å². The maximum Gasteiger partial charge on any atom is 0.530 e. The molecule has 2 aliphatic rings. The number of rotatable bonds is 4. The molecule has 0 bridgehead atoms. The van der Waals surface area contributed by atoms with Crippen LogP contribution in [-0.2, 0) is 25.0 Å². The van der Waals surface area contributed by atoms with Gasteiger partial charge in [-0.15, -0.1) is 6.42 Å². The van der Waals surface area contributed by atoms with Crippen molar-refractivity contribution in [3.63, 3.8) is 0 Å². The lowest BCUT2D eigenvalue weighted by Crippen LogP contribution is -2.43. The highest BCUT2D eigenvalue weighted by Gasteiger charge is 2.57. The molecular weight excluding hydrogens is 454 g/mol. The Bertz CT molecular complexity index is 1230. The molecule has 1 aromatic carbocycles. The van der Waals surface area contributed by atoms with Gasteiger partial charge in [0.05, 0.1) is 12.2 Å². The Balaban J connectivity index is 1.54. The first-order valence-electron chi connectivity index (χ1n) is 8.87. The topological polar surface area (TPSA) is 132 Å². The van der Waals surface area contributed by atoms with Crippen LogP contribution in [0.1, 0.15) is 17.4 Å². The fourth-order valence-electron chi connectivity index (χ4n) is 3.11. The Morgan fingerprint density at radius 3 is 2.94 bits per heavy atom. The molecule has 10 nitrogen and oxygen atoms in total. The van der Waals surface area contributed by atoms with Gasteiger partial charge in [-0.3, -0.25) is 18.6 Å². The van der Waals surface area contributed by atoms with E-state index in [1.54, 1.807) is 18.2 Å². The summed E-state index contributed by atoms with van der Waals surface area (Å²) in [4.78, 5) is 14.5. The number of H-pyrrole nitrogens is 1. The molecule has 2 aliphatic heterocycles. The lowest BCUT2D eigenvalue weighted by atomic mass is 10.1. The SMILES string of the molecule is C#Cc1cn([C@@H]2O[C@](F)(COP3(=O)OCc4ccccc4O3)[C@@H](O)[C@H]2O)c(=O)[nH]c1=S. The van der Waals surface area contributed by atoms with Gasteiger partial charge in [0.15, 0.2) is 6.23 Å². The van der Waals surface area contributed by atoms with Gasteiger partial charge in [-0.1, -0.05) is 36.3 Å². The highest BCUT2D eigenvalue weighted by atomic mass is 32.1. The predicted molar refractivity (Wildman–Crippen MR) is 105 cm³/mol. The smallest absolute Gasteiger partial charge is 0.404 e. The molecule has 164 valence electrons. The molecule has 0 saturated carbocycles. The number of benzene rings is 1. The molecule has 1 fully saturated rings. The van der Waals surface area contributed by atoms with Gasteiger partial charge in [-0.05, 0) is 6.07 Å². The first-order chi connectivity index (χ1) is 14.7. The Labute approximate surface area is 179 Å². The number of alkyl halides is 1. The number of aliphatic hydroxyl groups is 2. The van der Waals surface area contributed by atoms with Crippen molar-refractivity contribution in [3.8, 4) is 18.1 Å². The van der Waals surface area contributed by atoms with Gasteiger partial charge in [0.1, 0.15) is 29.2 Å². The van der Waals surface area contributed by atoms with E-state index < -0.39 is 44.4 Å². The number of hydrogen-bond donors (Lipinski definition) is 3. The van der Waals surface area contributed by atoms with Crippen molar-refractivity contribution in [2.75, 3.05) is 6.61 Å². The fraction of sp³-hybridized carbons (Fsp3) is 0.333. The summed E-state index contributed by atoms with van der Waals surface area (Å²) in [6, 6.07) is 6.60. The van der Waals surface area contributed by atoms with Gasteiger partial charge < -0.3 is 19.5 Å². The molecular formula is C18H16FN2O8PS. The molecule has 3 heterocycles. The molecule has 0 spiro atoms. The van der Waals surface area contributed by atoms with Crippen LogP contribution in [-0.4, -0.2) is 44.4 Å². The molecule has 31 heavy (non-hydrogen) atoms. The van der Waals surface area contributed by atoms with Crippen LogP contribution in [0.3, 0.4) is 0 Å². The minimum absolute atomic E-state index is 0.0309. The summed E-state index contributed by atoms with van der Waals surface area (Å²) in [5, 5.41) is 20.5. The second-order valence-corrected chi connectivity index (χ2v) is 8.78. The Kier molecular flexibility index (Phi) is 5.61. The maximum absolute atomic E-state index is 15.3. The third kappa shape index (κ3) is 3.97. The minimum atomic E-state index is -4.24. The van der Waals surface area contributed by atoms with Crippen LogP contribution in [0.5, 0.6) is 5.75 Å². The van der Waals surface area contributed by atoms with Crippen LogP contribution in [0.15, 0.2) is 35.3 Å². The van der Waals surface area contributed by atoms with Crippen LogP contribution in [0, 0.1) is 17.0 Å².